The van der Waals surface area contributed by atoms with Crippen molar-refractivity contribution in [3.63, 3.8) is 0 Å². The first-order chi connectivity index (χ1) is 14.2. The second-order valence-electron chi connectivity index (χ2n) is 7.40. The zero-order valence-electron chi connectivity index (χ0n) is 16.2. The van der Waals surface area contributed by atoms with Crippen molar-refractivity contribution in [2.75, 3.05) is 27.1 Å². The minimum absolute atomic E-state index is 0.0287. The highest BCUT2D eigenvalue weighted by atomic mass is 16.7. The van der Waals surface area contributed by atoms with Crippen LogP contribution in [-0.4, -0.2) is 50.1 Å². The smallest absolute Gasteiger partial charge is 0.266 e. The fraction of sp³-hybridized carbons (Fsp3) is 0.409. The van der Waals surface area contributed by atoms with Crippen molar-refractivity contribution in [2.24, 2.45) is 0 Å². The van der Waals surface area contributed by atoms with Crippen LogP contribution in [0.3, 0.4) is 0 Å². The molecule has 0 radical (unpaired) electrons. The van der Waals surface area contributed by atoms with Gasteiger partial charge in [-0.2, -0.15) is 0 Å². The molecular weight excluding hydrogens is 374 g/mol. The minimum atomic E-state index is -0.592. The molecule has 3 aliphatic rings. The van der Waals surface area contributed by atoms with Gasteiger partial charge in [0.25, 0.3) is 5.91 Å². The van der Waals surface area contributed by atoms with Gasteiger partial charge in [-0.15, -0.1) is 0 Å². The number of benzene rings is 2. The number of methoxy groups -OCH3 is 1. The predicted molar refractivity (Wildman–Crippen MR) is 103 cm³/mol. The van der Waals surface area contributed by atoms with Crippen LogP contribution >= 0.6 is 0 Å². The zero-order chi connectivity index (χ0) is 19.8. The predicted octanol–water partition coefficient (Wildman–Crippen LogP) is 2.93. The molecule has 0 unspecified atom stereocenters. The fourth-order valence-corrected chi connectivity index (χ4v) is 4.10. The van der Waals surface area contributed by atoms with Gasteiger partial charge in [0.15, 0.2) is 11.5 Å². The summed E-state index contributed by atoms with van der Waals surface area (Å²) in [5.74, 6) is 2.76. The summed E-state index contributed by atoms with van der Waals surface area (Å²) in [6, 6.07) is 12.8. The Hall–Kier alpha value is -2.93. The largest absolute Gasteiger partial charge is 0.497 e. The molecule has 0 aromatic heterocycles. The third-order valence-electron chi connectivity index (χ3n) is 5.63. The quantitative estimate of drug-likeness (QED) is 0.699. The average Bonchev–Trinajstić information content (AvgIpc) is 3.44. The van der Waals surface area contributed by atoms with Gasteiger partial charge in [0.1, 0.15) is 17.5 Å². The monoisotopic (exact) mass is 397 g/mol. The van der Waals surface area contributed by atoms with Gasteiger partial charge in [0.2, 0.25) is 12.9 Å². The Morgan fingerprint density at radius 1 is 1.07 bits per heavy atom. The van der Waals surface area contributed by atoms with Crippen molar-refractivity contribution in [1.29, 1.82) is 0 Å². The standard InChI is InChI=1S/C22H23NO6/c1-25-15-5-7-16(8-6-15)29-21-20(14-4-9-18-19(11-14)28-13-27-18)23(22(21)24)12-17-3-2-10-26-17/h4-9,11,17,20-21H,2-3,10,12-13H2,1H3/t17-,20-,21+/m1/s1. The number of nitrogens with zero attached hydrogens (tertiary/aromatic N) is 1. The van der Waals surface area contributed by atoms with E-state index in [0.29, 0.717) is 18.0 Å². The molecule has 0 bridgehead atoms. The van der Waals surface area contributed by atoms with Gasteiger partial charge in [-0.1, -0.05) is 6.07 Å². The summed E-state index contributed by atoms with van der Waals surface area (Å²) in [7, 11) is 1.62. The molecule has 2 aromatic rings. The summed E-state index contributed by atoms with van der Waals surface area (Å²) in [5.41, 5.74) is 0.963. The number of likely N-dealkylation sites (tertiary alicyclic amines) is 1. The highest BCUT2D eigenvalue weighted by Crippen LogP contribution is 2.42. The summed E-state index contributed by atoms with van der Waals surface area (Å²) in [6.07, 6.45) is 1.50. The third-order valence-corrected chi connectivity index (χ3v) is 5.63. The maximum absolute atomic E-state index is 13.0. The van der Waals surface area contributed by atoms with Gasteiger partial charge in [-0.25, -0.2) is 0 Å². The molecule has 0 saturated carbocycles. The SMILES string of the molecule is COc1ccc(O[C@@H]2C(=O)N(C[C@H]3CCCO3)[C@@H]2c2ccc3c(c2)OCO3)cc1. The molecule has 2 aromatic carbocycles. The Kier molecular flexibility index (Phi) is 4.67. The Balaban J connectivity index is 1.40. The lowest BCUT2D eigenvalue weighted by molar-refractivity contribution is -0.167. The lowest BCUT2D eigenvalue weighted by Crippen LogP contribution is -2.62. The maximum Gasteiger partial charge on any atom is 0.266 e. The molecule has 29 heavy (non-hydrogen) atoms. The lowest BCUT2D eigenvalue weighted by atomic mass is 9.89. The number of hydrogen-bond acceptors (Lipinski definition) is 6. The number of amides is 1. The Morgan fingerprint density at radius 2 is 1.86 bits per heavy atom. The van der Waals surface area contributed by atoms with Crippen molar-refractivity contribution in [3.05, 3.63) is 48.0 Å². The summed E-state index contributed by atoms with van der Waals surface area (Å²) < 4.78 is 28.0. The van der Waals surface area contributed by atoms with E-state index in [-0.39, 0.29) is 24.8 Å². The first-order valence-electron chi connectivity index (χ1n) is 9.85. The number of fused-ring (bicyclic) bond motifs is 1. The molecule has 0 spiro atoms. The Bertz CT molecular complexity index is 893. The molecule has 2 saturated heterocycles. The molecule has 5 rings (SSSR count). The second kappa shape index (κ2) is 7.48. The van der Waals surface area contributed by atoms with Crippen molar-refractivity contribution in [3.8, 4) is 23.0 Å². The number of ether oxygens (including phenoxy) is 5. The van der Waals surface area contributed by atoms with Crippen LogP contribution in [0.4, 0.5) is 0 Å². The lowest BCUT2D eigenvalue weighted by Gasteiger charge is -2.47. The molecule has 3 atom stereocenters. The van der Waals surface area contributed by atoms with Crippen molar-refractivity contribution in [1.82, 2.24) is 4.90 Å². The number of rotatable bonds is 6. The molecular formula is C22H23NO6. The van der Waals surface area contributed by atoms with Gasteiger partial charge < -0.3 is 28.6 Å². The minimum Gasteiger partial charge on any atom is -0.497 e. The highest BCUT2D eigenvalue weighted by molar-refractivity contribution is 5.89. The van der Waals surface area contributed by atoms with Gasteiger partial charge in [-0.05, 0) is 54.8 Å². The van der Waals surface area contributed by atoms with Crippen molar-refractivity contribution < 1.29 is 28.5 Å². The number of hydrogen-bond donors (Lipinski definition) is 0. The Morgan fingerprint density at radius 3 is 2.62 bits per heavy atom. The molecule has 0 N–H and O–H groups in total. The van der Waals surface area contributed by atoms with E-state index in [4.69, 9.17) is 23.7 Å². The van der Waals surface area contributed by atoms with Crippen LogP contribution in [0.5, 0.6) is 23.0 Å². The second-order valence-corrected chi connectivity index (χ2v) is 7.40. The third kappa shape index (κ3) is 3.35. The molecule has 7 nitrogen and oxygen atoms in total. The van der Waals surface area contributed by atoms with Crippen molar-refractivity contribution >= 4 is 5.91 Å². The van der Waals surface area contributed by atoms with E-state index in [2.05, 4.69) is 0 Å². The first kappa shape index (κ1) is 18.1. The maximum atomic E-state index is 13.0. The zero-order valence-corrected chi connectivity index (χ0v) is 16.2. The fourth-order valence-electron chi connectivity index (χ4n) is 4.10. The number of β-lactam (4-membered cyclic amide) rings is 1. The van der Waals surface area contributed by atoms with E-state index in [1.165, 1.54) is 0 Å². The summed E-state index contributed by atoms with van der Waals surface area (Å²) in [6.45, 7) is 1.54. The van der Waals surface area contributed by atoms with Crippen LogP contribution in [0.25, 0.3) is 0 Å². The highest BCUT2D eigenvalue weighted by Gasteiger charge is 2.51. The van der Waals surface area contributed by atoms with Gasteiger partial charge in [0, 0.05) is 13.2 Å². The van der Waals surface area contributed by atoms with Crippen LogP contribution < -0.4 is 18.9 Å². The van der Waals surface area contributed by atoms with Gasteiger partial charge in [-0.3, -0.25) is 4.79 Å². The summed E-state index contributed by atoms with van der Waals surface area (Å²) in [5, 5.41) is 0. The molecule has 0 aliphatic carbocycles. The molecule has 2 fully saturated rings. The van der Waals surface area contributed by atoms with E-state index >= 15 is 0 Å². The summed E-state index contributed by atoms with van der Waals surface area (Å²) in [4.78, 5) is 14.8. The van der Waals surface area contributed by atoms with Gasteiger partial charge >= 0.3 is 0 Å². The van der Waals surface area contributed by atoms with Crippen LogP contribution in [-0.2, 0) is 9.53 Å². The van der Waals surface area contributed by atoms with E-state index in [0.717, 1.165) is 36.5 Å². The number of carbonyl (C=O) groups excluding carboxylic acids is 1. The van der Waals surface area contributed by atoms with Gasteiger partial charge in [0.05, 0.1) is 13.2 Å². The van der Waals surface area contributed by atoms with E-state index in [1.807, 2.05) is 47.4 Å². The van der Waals surface area contributed by atoms with Crippen LogP contribution in [0.2, 0.25) is 0 Å². The Labute approximate surface area is 169 Å². The molecule has 152 valence electrons. The summed E-state index contributed by atoms with van der Waals surface area (Å²) >= 11 is 0. The van der Waals surface area contributed by atoms with E-state index in [1.54, 1.807) is 7.11 Å². The topological polar surface area (TPSA) is 66.5 Å². The molecule has 1 amide bonds. The molecule has 3 aliphatic heterocycles. The normalized spacial score (nSPS) is 25.1. The van der Waals surface area contributed by atoms with Crippen molar-refractivity contribution in [2.45, 2.75) is 31.1 Å². The first-order valence-corrected chi connectivity index (χ1v) is 9.85. The molecule has 7 heteroatoms. The van der Waals surface area contributed by atoms with E-state index < -0.39 is 6.10 Å². The van der Waals surface area contributed by atoms with Crippen LogP contribution in [0.1, 0.15) is 24.4 Å². The molecule has 3 heterocycles. The van der Waals surface area contributed by atoms with Crippen LogP contribution in [0, 0.1) is 0 Å². The number of carbonyl (C=O) groups is 1. The van der Waals surface area contributed by atoms with Crippen LogP contribution in [0.15, 0.2) is 42.5 Å². The average molecular weight is 397 g/mol. The van der Waals surface area contributed by atoms with E-state index in [9.17, 15) is 4.79 Å².